The predicted octanol–water partition coefficient (Wildman–Crippen LogP) is 6.15. The SMILES string of the molecule is CCCC(NC(=O)c1ccc(Cl)cc1)N(Cc1ccc2c(c1)NC(=S)C(C)O2)C(=O)OC(C)(C)C. The van der Waals surface area contributed by atoms with Gasteiger partial charge in [-0.25, -0.2) is 4.79 Å². The number of carbonyl (C=O) groups excluding carboxylic acids is 2. The minimum absolute atomic E-state index is 0.210. The van der Waals surface area contributed by atoms with Crippen molar-refractivity contribution < 1.29 is 19.1 Å². The number of hydrogen-bond acceptors (Lipinski definition) is 5. The molecular formula is C26H32ClN3O4S. The number of nitrogens with one attached hydrogen (secondary N) is 2. The summed E-state index contributed by atoms with van der Waals surface area (Å²) in [6.07, 6.45) is -0.0141. The molecule has 1 heterocycles. The Morgan fingerprint density at radius 1 is 1.23 bits per heavy atom. The highest BCUT2D eigenvalue weighted by atomic mass is 35.5. The van der Waals surface area contributed by atoms with Crippen LogP contribution < -0.4 is 15.4 Å². The van der Waals surface area contributed by atoms with Gasteiger partial charge in [-0.2, -0.15) is 0 Å². The first-order valence-corrected chi connectivity index (χ1v) is 12.4. The van der Waals surface area contributed by atoms with Gasteiger partial charge in [-0.15, -0.1) is 0 Å². The number of ether oxygens (including phenoxy) is 2. The Morgan fingerprint density at radius 2 is 1.91 bits per heavy atom. The summed E-state index contributed by atoms with van der Waals surface area (Å²) in [5, 5.41) is 6.73. The number of thiocarbonyl (C=S) groups is 1. The average Bonchev–Trinajstić information content (AvgIpc) is 2.77. The lowest BCUT2D eigenvalue weighted by atomic mass is 10.1. The van der Waals surface area contributed by atoms with Crippen molar-refractivity contribution in [2.45, 2.75) is 71.9 Å². The first-order chi connectivity index (χ1) is 16.5. The van der Waals surface area contributed by atoms with Gasteiger partial charge < -0.3 is 20.1 Å². The van der Waals surface area contributed by atoms with Gasteiger partial charge >= 0.3 is 6.09 Å². The summed E-state index contributed by atoms with van der Waals surface area (Å²) < 4.78 is 11.5. The number of anilines is 1. The fraction of sp³-hybridized carbons (Fsp3) is 0.423. The van der Waals surface area contributed by atoms with E-state index in [0.717, 1.165) is 17.7 Å². The van der Waals surface area contributed by atoms with Crippen LogP contribution in [0.5, 0.6) is 5.75 Å². The Bertz CT molecular complexity index is 1080. The molecule has 7 nitrogen and oxygen atoms in total. The van der Waals surface area contributed by atoms with Crippen molar-refractivity contribution in [2.75, 3.05) is 5.32 Å². The monoisotopic (exact) mass is 517 g/mol. The molecule has 0 aliphatic carbocycles. The molecule has 2 aromatic carbocycles. The smallest absolute Gasteiger partial charge is 0.412 e. The summed E-state index contributed by atoms with van der Waals surface area (Å²) in [4.78, 5) is 28.4. The van der Waals surface area contributed by atoms with Crippen molar-refractivity contribution in [1.82, 2.24) is 10.2 Å². The number of hydrogen-bond donors (Lipinski definition) is 2. The molecule has 0 aromatic heterocycles. The van der Waals surface area contributed by atoms with E-state index in [1.165, 1.54) is 0 Å². The molecule has 2 amide bonds. The van der Waals surface area contributed by atoms with E-state index in [1.54, 1.807) is 29.2 Å². The number of fused-ring (bicyclic) bond motifs is 1. The van der Waals surface area contributed by atoms with E-state index in [-0.39, 0.29) is 18.6 Å². The number of amides is 2. The second-order valence-electron chi connectivity index (χ2n) is 9.47. The van der Waals surface area contributed by atoms with Crippen molar-refractivity contribution in [3.63, 3.8) is 0 Å². The maximum atomic E-state index is 13.3. The molecule has 0 spiro atoms. The van der Waals surface area contributed by atoms with Crippen molar-refractivity contribution in [1.29, 1.82) is 0 Å². The maximum absolute atomic E-state index is 13.3. The third kappa shape index (κ3) is 7.32. The molecule has 1 aliphatic rings. The Balaban J connectivity index is 1.89. The largest absolute Gasteiger partial charge is 0.481 e. The van der Waals surface area contributed by atoms with E-state index < -0.39 is 17.9 Å². The highest BCUT2D eigenvalue weighted by Crippen LogP contribution is 2.31. The Kier molecular flexibility index (Phi) is 8.61. The van der Waals surface area contributed by atoms with Crippen molar-refractivity contribution in [3.05, 3.63) is 58.6 Å². The van der Waals surface area contributed by atoms with Crippen LogP contribution >= 0.6 is 23.8 Å². The van der Waals surface area contributed by atoms with Crippen LogP contribution in [0.2, 0.25) is 5.02 Å². The lowest BCUT2D eigenvalue weighted by molar-refractivity contribution is 0.00941. The Labute approximate surface area is 217 Å². The first kappa shape index (κ1) is 26.8. The van der Waals surface area contributed by atoms with Crippen LogP contribution in [-0.2, 0) is 11.3 Å². The van der Waals surface area contributed by atoms with Crippen LogP contribution in [0, 0.1) is 0 Å². The van der Waals surface area contributed by atoms with Crippen LogP contribution in [0.3, 0.4) is 0 Å². The third-order valence-electron chi connectivity index (χ3n) is 5.30. The lowest BCUT2D eigenvalue weighted by Gasteiger charge is -2.34. The van der Waals surface area contributed by atoms with E-state index >= 15 is 0 Å². The van der Waals surface area contributed by atoms with E-state index in [0.29, 0.717) is 27.7 Å². The molecule has 0 saturated heterocycles. The van der Waals surface area contributed by atoms with Crippen LogP contribution in [-0.4, -0.2) is 39.8 Å². The van der Waals surface area contributed by atoms with Gasteiger partial charge in [0.05, 0.1) is 12.2 Å². The maximum Gasteiger partial charge on any atom is 0.412 e. The summed E-state index contributed by atoms with van der Waals surface area (Å²) in [5.41, 5.74) is 1.34. The van der Waals surface area contributed by atoms with Crippen LogP contribution in [0.25, 0.3) is 0 Å². The normalized spacial score (nSPS) is 15.8. The summed E-state index contributed by atoms with van der Waals surface area (Å²) >= 11 is 11.3. The minimum atomic E-state index is -0.695. The van der Waals surface area contributed by atoms with Gasteiger partial charge in [-0.3, -0.25) is 9.69 Å². The molecule has 0 fully saturated rings. The van der Waals surface area contributed by atoms with Gasteiger partial charge in [0.15, 0.2) is 0 Å². The average molecular weight is 518 g/mol. The minimum Gasteiger partial charge on any atom is -0.481 e. The highest BCUT2D eigenvalue weighted by Gasteiger charge is 2.30. The molecule has 2 aromatic rings. The van der Waals surface area contributed by atoms with E-state index in [9.17, 15) is 9.59 Å². The molecule has 3 rings (SSSR count). The Hall–Kier alpha value is -2.84. The first-order valence-electron chi connectivity index (χ1n) is 11.6. The molecule has 188 valence electrons. The molecular weight excluding hydrogens is 486 g/mol. The molecule has 9 heteroatoms. The summed E-state index contributed by atoms with van der Waals surface area (Å²) in [5.74, 6) is 0.397. The van der Waals surface area contributed by atoms with E-state index in [2.05, 4.69) is 10.6 Å². The van der Waals surface area contributed by atoms with Gasteiger partial charge in [0.2, 0.25) is 0 Å². The van der Waals surface area contributed by atoms with Gasteiger partial charge in [0.25, 0.3) is 5.91 Å². The fourth-order valence-electron chi connectivity index (χ4n) is 3.59. The topological polar surface area (TPSA) is 79.9 Å². The molecule has 1 aliphatic heterocycles. The number of nitrogens with zero attached hydrogens (tertiary/aromatic N) is 1. The molecule has 0 bridgehead atoms. The zero-order chi connectivity index (χ0) is 25.8. The third-order valence-corrected chi connectivity index (χ3v) is 5.98. The zero-order valence-electron chi connectivity index (χ0n) is 20.7. The van der Waals surface area contributed by atoms with Gasteiger partial charge in [-0.1, -0.05) is 43.2 Å². The van der Waals surface area contributed by atoms with E-state index in [4.69, 9.17) is 33.3 Å². The van der Waals surface area contributed by atoms with Crippen LogP contribution in [0.1, 0.15) is 63.4 Å². The molecule has 0 radical (unpaired) electrons. The predicted molar refractivity (Wildman–Crippen MR) is 142 cm³/mol. The molecule has 2 unspecified atom stereocenters. The lowest BCUT2D eigenvalue weighted by Crippen LogP contribution is -2.51. The van der Waals surface area contributed by atoms with Crippen LogP contribution in [0.15, 0.2) is 42.5 Å². The standard InChI is InChI=1S/C26H32ClN3O4S/c1-6-7-22(29-23(31)18-9-11-19(27)12-10-18)30(25(32)34-26(3,4)5)15-17-8-13-21-20(14-17)28-24(35)16(2)33-21/h8-14,16,22H,6-7,15H2,1-5H3,(H,28,35)(H,29,31). The number of halogens is 1. The Morgan fingerprint density at radius 3 is 2.54 bits per heavy atom. The van der Waals surface area contributed by atoms with E-state index in [1.807, 2.05) is 52.8 Å². The zero-order valence-corrected chi connectivity index (χ0v) is 22.3. The second kappa shape index (κ2) is 11.3. The van der Waals surface area contributed by atoms with Crippen molar-refractivity contribution in [2.24, 2.45) is 0 Å². The quantitative estimate of drug-likeness (QED) is 0.338. The van der Waals surface area contributed by atoms with Crippen molar-refractivity contribution >= 4 is 46.5 Å². The number of rotatable bonds is 7. The van der Waals surface area contributed by atoms with Gasteiger partial charge in [0.1, 0.15) is 28.6 Å². The van der Waals surface area contributed by atoms with Crippen LogP contribution in [0.4, 0.5) is 10.5 Å². The summed E-state index contributed by atoms with van der Waals surface area (Å²) in [6, 6.07) is 12.3. The number of carbonyl (C=O) groups is 2. The van der Waals surface area contributed by atoms with Gasteiger partial charge in [0, 0.05) is 10.6 Å². The molecule has 2 atom stereocenters. The molecule has 0 saturated carbocycles. The summed E-state index contributed by atoms with van der Waals surface area (Å²) in [7, 11) is 0. The van der Waals surface area contributed by atoms with Crippen molar-refractivity contribution in [3.8, 4) is 5.75 Å². The molecule has 2 N–H and O–H groups in total. The number of benzene rings is 2. The summed E-state index contributed by atoms with van der Waals surface area (Å²) in [6.45, 7) is 9.54. The fourth-order valence-corrected chi connectivity index (χ4v) is 3.87. The molecule has 35 heavy (non-hydrogen) atoms. The van der Waals surface area contributed by atoms with Gasteiger partial charge in [-0.05, 0) is 76.1 Å². The highest BCUT2D eigenvalue weighted by molar-refractivity contribution is 7.80. The second-order valence-corrected chi connectivity index (χ2v) is 10.3.